The lowest BCUT2D eigenvalue weighted by atomic mass is 10.2. The van der Waals surface area contributed by atoms with Gasteiger partial charge in [-0.1, -0.05) is 13.8 Å². The Morgan fingerprint density at radius 3 is 2.56 bits per heavy atom. The number of hydrogen-bond donors (Lipinski definition) is 2. The van der Waals surface area contributed by atoms with E-state index in [9.17, 15) is 17.6 Å². The number of carboxylic acid groups (broad SMARTS) is 1. The highest BCUT2D eigenvalue weighted by molar-refractivity contribution is 7.89. The van der Waals surface area contributed by atoms with Crippen LogP contribution in [0.15, 0.2) is 23.1 Å². The lowest BCUT2D eigenvalue weighted by Crippen LogP contribution is -2.28. The zero-order valence-electron chi connectivity index (χ0n) is 9.97. The molecule has 2 N–H and O–H groups in total. The number of carbonyl (C=O) groups is 1. The van der Waals surface area contributed by atoms with Crippen molar-refractivity contribution in [3.63, 3.8) is 0 Å². The molecule has 1 aromatic carbocycles. The van der Waals surface area contributed by atoms with E-state index in [1.54, 1.807) is 13.8 Å². The van der Waals surface area contributed by atoms with E-state index in [2.05, 4.69) is 4.72 Å². The first-order valence-corrected chi connectivity index (χ1v) is 6.75. The first-order chi connectivity index (χ1) is 8.24. The third-order valence-electron chi connectivity index (χ3n) is 2.15. The van der Waals surface area contributed by atoms with Gasteiger partial charge in [0, 0.05) is 6.54 Å². The number of halogens is 1. The maximum atomic E-state index is 13.4. The van der Waals surface area contributed by atoms with Crippen molar-refractivity contribution in [2.75, 3.05) is 6.54 Å². The van der Waals surface area contributed by atoms with E-state index in [-0.39, 0.29) is 18.0 Å². The molecule has 0 saturated heterocycles. The SMILES string of the molecule is CC(C)CNS(=O)(=O)c1cc(C(=O)O)ccc1F. The Morgan fingerprint density at radius 2 is 2.06 bits per heavy atom. The summed E-state index contributed by atoms with van der Waals surface area (Å²) in [6, 6.07) is 2.65. The van der Waals surface area contributed by atoms with Crippen LogP contribution in [0.5, 0.6) is 0 Å². The smallest absolute Gasteiger partial charge is 0.335 e. The maximum Gasteiger partial charge on any atom is 0.335 e. The Balaban J connectivity index is 3.15. The van der Waals surface area contributed by atoms with Crippen LogP contribution >= 0.6 is 0 Å². The third kappa shape index (κ3) is 3.51. The van der Waals surface area contributed by atoms with Gasteiger partial charge in [0.15, 0.2) is 0 Å². The number of rotatable bonds is 5. The van der Waals surface area contributed by atoms with Crippen LogP contribution in [0.2, 0.25) is 0 Å². The van der Waals surface area contributed by atoms with Crippen molar-refractivity contribution >= 4 is 16.0 Å². The standard InChI is InChI=1S/C11H14FNO4S/c1-7(2)6-13-18(16,17)10-5-8(11(14)15)3-4-9(10)12/h3-5,7,13H,6H2,1-2H3,(H,14,15). The van der Waals surface area contributed by atoms with Gasteiger partial charge in [-0.05, 0) is 24.1 Å². The summed E-state index contributed by atoms with van der Waals surface area (Å²) in [6.45, 7) is 3.75. The minimum Gasteiger partial charge on any atom is -0.478 e. The Morgan fingerprint density at radius 1 is 1.44 bits per heavy atom. The predicted octanol–water partition coefficient (Wildman–Crippen LogP) is 1.46. The van der Waals surface area contributed by atoms with Gasteiger partial charge in [-0.15, -0.1) is 0 Å². The average Bonchev–Trinajstić information content (AvgIpc) is 2.26. The summed E-state index contributed by atoms with van der Waals surface area (Å²) in [6.07, 6.45) is 0. The Labute approximate surface area is 105 Å². The van der Waals surface area contributed by atoms with E-state index in [4.69, 9.17) is 5.11 Å². The fraction of sp³-hybridized carbons (Fsp3) is 0.364. The Bertz CT molecular complexity index is 554. The number of benzene rings is 1. The highest BCUT2D eigenvalue weighted by atomic mass is 32.2. The third-order valence-corrected chi connectivity index (χ3v) is 3.59. The minimum atomic E-state index is -4.03. The molecule has 7 heteroatoms. The van der Waals surface area contributed by atoms with Crippen LogP contribution in [0.1, 0.15) is 24.2 Å². The molecular weight excluding hydrogens is 261 g/mol. The summed E-state index contributed by atoms with van der Waals surface area (Å²) >= 11 is 0. The van der Waals surface area contributed by atoms with E-state index < -0.39 is 26.7 Å². The summed E-state index contributed by atoms with van der Waals surface area (Å²) in [5.41, 5.74) is -0.277. The van der Waals surface area contributed by atoms with Crippen LogP contribution in [-0.4, -0.2) is 26.0 Å². The number of nitrogens with one attached hydrogen (secondary N) is 1. The fourth-order valence-electron chi connectivity index (χ4n) is 1.20. The average molecular weight is 275 g/mol. The molecule has 1 aromatic rings. The van der Waals surface area contributed by atoms with Gasteiger partial charge in [-0.3, -0.25) is 0 Å². The lowest BCUT2D eigenvalue weighted by molar-refractivity contribution is 0.0696. The molecule has 0 atom stereocenters. The molecule has 0 fully saturated rings. The Hall–Kier alpha value is -1.47. The van der Waals surface area contributed by atoms with Crippen molar-refractivity contribution in [1.82, 2.24) is 4.72 Å². The lowest BCUT2D eigenvalue weighted by Gasteiger charge is -2.10. The van der Waals surface area contributed by atoms with E-state index in [0.717, 1.165) is 18.2 Å². The molecule has 0 unspecified atom stereocenters. The highest BCUT2D eigenvalue weighted by Crippen LogP contribution is 2.16. The normalized spacial score (nSPS) is 11.8. The van der Waals surface area contributed by atoms with Gasteiger partial charge < -0.3 is 5.11 Å². The summed E-state index contributed by atoms with van der Waals surface area (Å²) < 4.78 is 39.2. The van der Waals surface area contributed by atoms with Crippen molar-refractivity contribution in [3.05, 3.63) is 29.6 Å². The highest BCUT2D eigenvalue weighted by Gasteiger charge is 2.21. The van der Waals surface area contributed by atoms with Crippen molar-refractivity contribution in [2.24, 2.45) is 5.92 Å². The molecule has 18 heavy (non-hydrogen) atoms. The molecule has 100 valence electrons. The van der Waals surface area contributed by atoms with Crippen molar-refractivity contribution in [3.8, 4) is 0 Å². The first-order valence-electron chi connectivity index (χ1n) is 5.26. The molecule has 0 aliphatic heterocycles. The van der Waals surface area contributed by atoms with E-state index >= 15 is 0 Å². The zero-order chi connectivity index (χ0) is 13.9. The fourth-order valence-corrected chi connectivity index (χ4v) is 2.51. The molecule has 1 rings (SSSR count). The quantitative estimate of drug-likeness (QED) is 0.852. The van der Waals surface area contributed by atoms with Gasteiger partial charge in [0.25, 0.3) is 0 Å². The molecule has 0 amide bonds. The maximum absolute atomic E-state index is 13.4. The summed E-state index contributed by atoms with van der Waals surface area (Å²) in [4.78, 5) is 10.1. The van der Waals surface area contributed by atoms with Gasteiger partial charge in [0.2, 0.25) is 10.0 Å². The summed E-state index contributed by atoms with van der Waals surface area (Å²) in [7, 11) is -4.03. The first kappa shape index (κ1) is 14.6. The van der Waals surface area contributed by atoms with Crippen LogP contribution in [0.25, 0.3) is 0 Å². The van der Waals surface area contributed by atoms with Crippen LogP contribution in [-0.2, 0) is 10.0 Å². The second kappa shape index (κ2) is 5.45. The van der Waals surface area contributed by atoms with E-state index in [1.165, 1.54) is 0 Å². The van der Waals surface area contributed by atoms with Crippen molar-refractivity contribution in [2.45, 2.75) is 18.7 Å². The molecular formula is C11H14FNO4S. The Kier molecular flexibility index (Phi) is 4.42. The molecule has 0 heterocycles. The monoisotopic (exact) mass is 275 g/mol. The van der Waals surface area contributed by atoms with E-state index in [0.29, 0.717) is 0 Å². The van der Waals surface area contributed by atoms with Gasteiger partial charge >= 0.3 is 5.97 Å². The van der Waals surface area contributed by atoms with Crippen LogP contribution < -0.4 is 4.72 Å². The molecule has 0 bridgehead atoms. The summed E-state index contributed by atoms with van der Waals surface area (Å²) in [5, 5.41) is 8.75. The van der Waals surface area contributed by atoms with E-state index in [1.807, 2.05) is 0 Å². The molecule has 0 aliphatic carbocycles. The van der Waals surface area contributed by atoms with Crippen LogP contribution in [0.3, 0.4) is 0 Å². The molecule has 0 spiro atoms. The number of sulfonamides is 1. The van der Waals surface area contributed by atoms with Gasteiger partial charge in [-0.2, -0.15) is 0 Å². The van der Waals surface area contributed by atoms with Gasteiger partial charge in [0.1, 0.15) is 10.7 Å². The second-order valence-corrected chi connectivity index (χ2v) is 5.93. The van der Waals surface area contributed by atoms with Crippen molar-refractivity contribution in [1.29, 1.82) is 0 Å². The molecule has 5 nitrogen and oxygen atoms in total. The summed E-state index contributed by atoms with van der Waals surface area (Å²) in [5.74, 6) is -2.22. The minimum absolute atomic E-state index is 0.0606. The second-order valence-electron chi connectivity index (χ2n) is 4.20. The molecule has 0 saturated carbocycles. The molecule has 0 aromatic heterocycles. The van der Waals surface area contributed by atoms with Gasteiger partial charge in [0.05, 0.1) is 5.56 Å². The largest absolute Gasteiger partial charge is 0.478 e. The number of hydrogen-bond acceptors (Lipinski definition) is 3. The molecule has 0 aliphatic rings. The van der Waals surface area contributed by atoms with Gasteiger partial charge in [-0.25, -0.2) is 22.3 Å². The van der Waals surface area contributed by atoms with Crippen LogP contribution in [0.4, 0.5) is 4.39 Å². The zero-order valence-corrected chi connectivity index (χ0v) is 10.8. The van der Waals surface area contributed by atoms with Crippen LogP contribution in [0, 0.1) is 11.7 Å². The number of aromatic carboxylic acids is 1. The molecule has 0 radical (unpaired) electrons. The number of carboxylic acids is 1. The predicted molar refractivity (Wildman–Crippen MR) is 63.4 cm³/mol. The van der Waals surface area contributed by atoms with Crippen molar-refractivity contribution < 1.29 is 22.7 Å². The topological polar surface area (TPSA) is 83.5 Å².